The third-order valence-corrected chi connectivity index (χ3v) is 6.03. The SMILES string of the molecule is C=CCn1c(-c2sc(NC(=O)c3ccc4c(c3)CCC4)nc2C)n[nH]c1=S. The number of aryl methyl sites for hydroxylation is 3. The largest absolute Gasteiger partial charge is 0.298 e. The first-order chi connectivity index (χ1) is 13.1. The van der Waals surface area contributed by atoms with Gasteiger partial charge < -0.3 is 0 Å². The summed E-state index contributed by atoms with van der Waals surface area (Å²) in [5.74, 6) is 0.558. The van der Waals surface area contributed by atoms with Gasteiger partial charge in [0.25, 0.3) is 5.91 Å². The van der Waals surface area contributed by atoms with Gasteiger partial charge >= 0.3 is 0 Å². The number of rotatable bonds is 5. The van der Waals surface area contributed by atoms with Crippen LogP contribution in [-0.2, 0) is 19.4 Å². The predicted octanol–water partition coefficient (Wildman–Crippen LogP) is 4.30. The van der Waals surface area contributed by atoms with Gasteiger partial charge in [-0.15, -0.1) is 6.58 Å². The van der Waals surface area contributed by atoms with Crippen LogP contribution in [0.1, 0.15) is 33.6 Å². The first-order valence-corrected chi connectivity index (χ1v) is 9.96. The number of benzene rings is 1. The molecule has 1 aliphatic carbocycles. The van der Waals surface area contributed by atoms with Crippen molar-refractivity contribution in [3.8, 4) is 10.7 Å². The lowest BCUT2D eigenvalue weighted by atomic mass is 10.1. The Morgan fingerprint density at radius 3 is 3.07 bits per heavy atom. The smallest absolute Gasteiger partial charge is 0.257 e. The molecule has 0 bridgehead atoms. The van der Waals surface area contributed by atoms with Crippen LogP contribution in [0.5, 0.6) is 0 Å². The highest BCUT2D eigenvalue weighted by Crippen LogP contribution is 2.32. The summed E-state index contributed by atoms with van der Waals surface area (Å²) in [5.41, 5.74) is 4.09. The molecule has 1 amide bonds. The van der Waals surface area contributed by atoms with Crippen LogP contribution in [0.3, 0.4) is 0 Å². The first-order valence-electron chi connectivity index (χ1n) is 8.74. The summed E-state index contributed by atoms with van der Waals surface area (Å²) in [6.45, 7) is 6.21. The molecule has 0 aliphatic heterocycles. The average Bonchev–Trinajstić information content (AvgIpc) is 3.34. The molecule has 8 heteroatoms. The molecule has 27 heavy (non-hydrogen) atoms. The third kappa shape index (κ3) is 3.38. The molecule has 0 fully saturated rings. The van der Waals surface area contributed by atoms with Crippen LogP contribution in [0.4, 0.5) is 5.13 Å². The van der Waals surface area contributed by atoms with Crippen molar-refractivity contribution in [2.45, 2.75) is 32.7 Å². The number of aromatic amines is 1. The Balaban J connectivity index is 1.59. The number of allylic oxidation sites excluding steroid dienone is 1. The van der Waals surface area contributed by atoms with Crippen LogP contribution < -0.4 is 5.32 Å². The quantitative estimate of drug-likeness (QED) is 0.497. The molecule has 0 radical (unpaired) electrons. The van der Waals surface area contributed by atoms with Gasteiger partial charge in [0.05, 0.1) is 10.6 Å². The number of nitrogens with zero attached hydrogens (tertiary/aromatic N) is 3. The number of nitrogens with one attached hydrogen (secondary N) is 2. The fraction of sp³-hybridized carbons (Fsp3) is 0.263. The van der Waals surface area contributed by atoms with Crippen molar-refractivity contribution >= 4 is 34.6 Å². The Morgan fingerprint density at radius 2 is 2.26 bits per heavy atom. The molecule has 0 unspecified atom stereocenters. The highest BCUT2D eigenvalue weighted by atomic mass is 32.1. The number of aromatic nitrogens is 4. The second-order valence-electron chi connectivity index (χ2n) is 6.48. The van der Waals surface area contributed by atoms with E-state index in [0.29, 0.717) is 27.8 Å². The standard InChI is InChI=1S/C19H19N5OS2/c1-3-9-24-16(22-23-19(24)26)15-11(2)20-18(27-15)21-17(25)14-8-7-12-5-4-6-13(12)10-14/h3,7-8,10H,1,4-6,9H2,2H3,(H,23,26)(H,20,21,25). The summed E-state index contributed by atoms with van der Waals surface area (Å²) in [6.07, 6.45) is 5.07. The first kappa shape index (κ1) is 17.8. The number of fused-ring (bicyclic) bond motifs is 1. The van der Waals surface area contributed by atoms with Gasteiger partial charge in [-0.25, -0.2) is 4.98 Å². The van der Waals surface area contributed by atoms with Crippen LogP contribution in [-0.4, -0.2) is 25.7 Å². The third-order valence-electron chi connectivity index (χ3n) is 4.65. The molecular formula is C19H19N5OS2. The molecular weight excluding hydrogens is 378 g/mol. The summed E-state index contributed by atoms with van der Waals surface area (Å²) >= 11 is 6.66. The zero-order valence-corrected chi connectivity index (χ0v) is 16.5. The molecule has 2 aromatic heterocycles. The maximum atomic E-state index is 12.6. The average molecular weight is 398 g/mol. The number of thiazole rings is 1. The van der Waals surface area contributed by atoms with E-state index in [-0.39, 0.29) is 5.91 Å². The van der Waals surface area contributed by atoms with Crippen molar-refractivity contribution in [2.75, 3.05) is 5.32 Å². The number of hydrogen-bond donors (Lipinski definition) is 2. The van der Waals surface area contributed by atoms with Crippen molar-refractivity contribution < 1.29 is 4.79 Å². The Hall–Kier alpha value is -2.58. The second kappa shape index (κ2) is 7.21. The van der Waals surface area contributed by atoms with Gasteiger partial charge in [0.15, 0.2) is 15.7 Å². The lowest BCUT2D eigenvalue weighted by molar-refractivity contribution is 0.102. The van der Waals surface area contributed by atoms with E-state index in [2.05, 4.69) is 33.1 Å². The van der Waals surface area contributed by atoms with Gasteiger partial charge in [-0.05, 0) is 61.7 Å². The maximum Gasteiger partial charge on any atom is 0.257 e. The van der Waals surface area contributed by atoms with E-state index < -0.39 is 0 Å². The van der Waals surface area contributed by atoms with Crippen molar-refractivity contribution in [1.29, 1.82) is 0 Å². The Bertz CT molecular complexity index is 1090. The topological polar surface area (TPSA) is 75.6 Å². The van der Waals surface area contributed by atoms with E-state index in [1.165, 1.54) is 22.5 Å². The summed E-state index contributed by atoms with van der Waals surface area (Å²) in [5, 5.41) is 10.6. The summed E-state index contributed by atoms with van der Waals surface area (Å²) in [4.78, 5) is 18.0. The lowest BCUT2D eigenvalue weighted by Crippen LogP contribution is -2.12. The summed E-state index contributed by atoms with van der Waals surface area (Å²) in [6, 6.07) is 5.94. The minimum absolute atomic E-state index is 0.144. The minimum atomic E-state index is -0.144. The molecule has 0 atom stereocenters. The molecule has 0 saturated carbocycles. The van der Waals surface area contributed by atoms with Gasteiger partial charge in [0.1, 0.15) is 0 Å². The zero-order valence-electron chi connectivity index (χ0n) is 14.9. The van der Waals surface area contributed by atoms with Gasteiger partial charge in [0.2, 0.25) is 0 Å². The number of carbonyl (C=O) groups is 1. The molecule has 138 valence electrons. The summed E-state index contributed by atoms with van der Waals surface area (Å²) in [7, 11) is 0. The number of hydrogen-bond acceptors (Lipinski definition) is 5. The van der Waals surface area contributed by atoms with E-state index in [0.717, 1.165) is 29.8 Å². The summed E-state index contributed by atoms with van der Waals surface area (Å²) < 4.78 is 2.39. The van der Waals surface area contributed by atoms with Crippen LogP contribution in [0.15, 0.2) is 30.9 Å². The minimum Gasteiger partial charge on any atom is -0.298 e. The van der Waals surface area contributed by atoms with Gasteiger partial charge in [-0.3, -0.25) is 19.8 Å². The fourth-order valence-electron chi connectivity index (χ4n) is 3.33. The van der Waals surface area contributed by atoms with Crippen molar-refractivity contribution in [2.24, 2.45) is 0 Å². The normalized spacial score (nSPS) is 12.8. The van der Waals surface area contributed by atoms with Crippen molar-refractivity contribution in [3.05, 3.63) is 58.0 Å². The van der Waals surface area contributed by atoms with E-state index >= 15 is 0 Å². The van der Waals surface area contributed by atoms with Crippen molar-refractivity contribution in [3.63, 3.8) is 0 Å². The molecule has 1 aliphatic rings. The van der Waals surface area contributed by atoms with Gasteiger partial charge in [-0.1, -0.05) is 23.5 Å². The van der Waals surface area contributed by atoms with Crippen LogP contribution in [0.25, 0.3) is 10.7 Å². The number of anilines is 1. The molecule has 4 rings (SSSR count). The van der Waals surface area contributed by atoms with Gasteiger partial charge in [0, 0.05) is 12.1 Å². The van der Waals surface area contributed by atoms with E-state index in [1.807, 2.05) is 23.6 Å². The number of amides is 1. The zero-order chi connectivity index (χ0) is 19.0. The Labute approximate surface area is 166 Å². The van der Waals surface area contributed by atoms with E-state index in [1.54, 1.807) is 6.08 Å². The highest BCUT2D eigenvalue weighted by Gasteiger charge is 2.19. The second-order valence-corrected chi connectivity index (χ2v) is 7.86. The highest BCUT2D eigenvalue weighted by molar-refractivity contribution is 7.71. The Morgan fingerprint density at radius 1 is 1.44 bits per heavy atom. The fourth-order valence-corrected chi connectivity index (χ4v) is 4.50. The van der Waals surface area contributed by atoms with Crippen LogP contribution >= 0.6 is 23.6 Å². The van der Waals surface area contributed by atoms with E-state index in [9.17, 15) is 4.79 Å². The monoisotopic (exact) mass is 397 g/mol. The molecule has 0 saturated heterocycles. The molecule has 2 heterocycles. The molecule has 1 aromatic carbocycles. The van der Waals surface area contributed by atoms with E-state index in [4.69, 9.17) is 12.2 Å². The molecule has 6 nitrogen and oxygen atoms in total. The maximum absolute atomic E-state index is 12.6. The molecule has 2 N–H and O–H groups in total. The lowest BCUT2D eigenvalue weighted by Gasteiger charge is -2.04. The van der Waals surface area contributed by atoms with Crippen LogP contribution in [0.2, 0.25) is 0 Å². The van der Waals surface area contributed by atoms with Crippen LogP contribution in [0, 0.1) is 11.7 Å². The number of H-pyrrole nitrogens is 1. The predicted molar refractivity (Wildman–Crippen MR) is 110 cm³/mol. The number of carbonyl (C=O) groups excluding carboxylic acids is 1. The molecule has 0 spiro atoms. The van der Waals surface area contributed by atoms with Gasteiger partial charge in [-0.2, -0.15) is 5.10 Å². The Kier molecular flexibility index (Phi) is 4.75. The van der Waals surface area contributed by atoms with Crippen molar-refractivity contribution in [1.82, 2.24) is 19.7 Å². The molecule has 3 aromatic rings.